The molecule has 1 aliphatic rings. The van der Waals surface area contributed by atoms with Crippen LogP contribution in [0.1, 0.15) is 12.8 Å². The minimum absolute atomic E-state index is 0.0356. The topological polar surface area (TPSA) is 74.6 Å². The van der Waals surface area contributed by atoms with Gasteiger partial charge in [0.2, 0.25) is 0 Å². The van der Waals surface area contributed by atoms with Gasteiger partial charge in [0, 0.05) is 38.1 Å². The number of nitrogens with one attached hydrogen (secondary N) is 2. The molecule has 1 fully saturated rings. The fourth-order valence-electron chi connectivity index (χ4n) is 2.69. The normalized spacial score (nSPS) is 17.6. The lowest BCUT2D eigenvalue weighted by molar-refractivity contribution is 0.208. The highest BCUT2D eigenvalue weighted by Gasteiger charge is 2.26. The fourth-order valence-corrected chi connectivity index (χ4v) is 3.12. The fraction of sp³-hybridized carbons (Fsp3) is 0.533. The molecule has 23 heavy (non-hydrogen) atoms. The first-order valence-corrected chi connectivity index (χ1v) is 9.24. The van der Waals surface area contributed by atoms with Crippen LogP contribution in [0.3, 0.4) is 0 Å². The molecule has 2 N–H and O–H groups in total. The van der Waals surface area contributed by atoms with E-state index in [2.05, 4.69) is 27.0 Å². The number of nitrogens with zero attached hydrogens (tertiary/aromatic N) is 4. The minimum Gasteiger partial charge on any atom is -0.364 e. The van der Waals surface area contributed by atoms with Crippen LogP contribution in [0.25, 0.3) is 5.65 Å². The van der Waals surface area contributed by atoms with Gasteiger partial charge in [0.25, 0.3) is 0 Å². The van der Waals surface area contributed by atoms with Gasteiger partial charge >= 0.3 is 6.03 Å². The molecule has 0 spiro atoms. The molecule has 0 radical (unpaired) electrons. The molecule has 2 aromatic heterocycles. The van der Waals surface area contributed by atoms with Crippen LogP contribution in [0.4, 0.5) is 10.6 Å². The number of aromatic nitrogens is 3. The lowest BCUT2D eigenvalue weighted by atomic mass is 10.2. The molecule has 124 valence electrons. The number of fused-ring (bicyclic) bond motifs is 1. The van der Waals surface area contributed by atoms with Crippen molar-refractivity contribution < 1.29 is 4.79 Å². The summed E-state index contributed by atoms with van der Waals surface area (Å²) in [6, 6.07) is 4.13. The second-order valence-corrected chi connectivity index (χ2v) is 6.59. The molecular formula is C15H22N6OS. The maximum atomic E-state index is 12.1. The zero-order chi connectivity index (χ0) is 16.1. The molecule has 2 amide bonds. The first kappa shape index (κ1) is 15.9. The second-order valence-electron chi connectivity index (χ2n) is 5.60. The summed E-state index contributed by atoms with van der Waals surface area (Å²) >= 11 is 1.80. The van der Waals surface area contributed by atoms with Crippen molar-refractivity contribution in [3.63, 3.8) is 0 Å². The Kier molecular flexibility index (Phi) is 5.22. The Morgan fingerprint density at radius 1 is 1.48 bits per heavy atom. The molecule has 0 saturated carbocycles. The standard InChI is InChI=1S/C15H22N6OS/c1-23-10-2-6-17-15(22)20-8-5-12(11-20)18-13-3-4-14-16-7-9-21(14)19-13/h3-4,7,9,12H,2,5-6,8,10-11H2,1H3,(H,17,22)(H,18,19). The summed E-state index contributed by atoms with van der Waals surface area (Å²) in [7, 11) is 0. The van der Waals surface area contributed by atoms with Crippen LogP contribution in [-0.4, -0.2) is 63.2 Å². The Bertz CT molecular complexity index is 660. The summed E-state index contributed by atoms with van der Waals surface area (Å²) < 4.78 is 1.74. The smallest absolute Gasteiger partial charge is 0.317 e. The molecule has 0 bridgehead atoms. The van der Waals surface area contributed by atoms with E-state index in [-0.39, 0.29) is 12.1 Å². The molecule has 1 unspecified atom stereocenters. The predicted octanol–water partition coefficient (Wildman–Crippen LogP) is 1.68. The van der Waals surface area contributed by atoms with E-state index in [1.165, 1.54) is 0 Å². The van der Waals surface area contributed by atoms with Gasteiger partial charge in [-0.2, -0.15) is 11.8 Å². The molecule has 2 aromatic rings. The highest BCUT2D eigenvalue weighted by molar-refractivity contribution is 7.98. The number of hydrogen-bond acceptors (Lipinski definition) is 5. The Balaban J connectivity index is 1.48. The molecule has 8 heteroatoms. The van der Waals surface area contributed by atoms with Crippen molar-refractivity contribution in [3.05, 3.63) is 24.5 Å². The quantitative estimate of drug-likeness (QED) is 0.786. The van der Waals surface area contributed by atoms with Crippen molar-refractivity contribution in [1.29, 1.82) is 0 Å². The third kappa shape index (κ3) is 4.07. The van der Waals surface area contributed by atoms with Crippen LogP contribution >= 0.6 is 11.8 Å². The first-order valence-electron chi connectivity index (χ1n) is 7.85. The molecule has 0 aromatic carbocycles. The van der Waals surface area contributed by atoms with Gasteiger partial charge in [0.05, 0.1) is 0 Å². The monoisotopic (exact) mass is 334 g/mol. The summed E-state index contributed by atoms with van der Waals surface area (Å²) in [5, 5.41) is 10.8. The van der Waals surface area contributed by atoms with E-state index in [4.69, 9.17) is 0 Å². The zero-order valence-electron chi connectivity index (χ0n) is 13.2. The van der Waals surface area contributed by atoms with Crippen LogP contribution in [0.15, 0.2) is 24.5 Å². The largest absolute Gasteiger partial charge is 0.364 e. The lowest BCUT2D eigenvalue weighted by Crippen LogP contribution is -2.40. The maximum Gasteiger partial charge on any atom is 0.317 e. The average Bonchev–Trinajstić information content (AvgIpc) is 3.20. The average molecular weight is 334 g/mol. The van der Waals surface area contributed by atoms with Crippen molar-refractivity contribution in [1.82, 2.24) is 24.8 Å². The van der Waals surface area contributed by atoms with Gasteiger partial charge in [-0.3, -0.25) is 0 Å². The van der Waals surface area contributed by atoms with Crippen molar-refractivity contribution >= 4 is 29.3 Å². The van der Waals surface area contributed by atoms with Gasteiger partial charge in [-0.25, -0.2) is 14.3 Å². The minimum atomic E-state index is 0.0356. The van der Waals surface area contributed by atoms with Gasteiger partial charge in [-0.1, -0.05) is 0 Å². The third-order valence-electron chi connectivity index (χ3n) is 3.88. The summed E-state index contributed by atoms with van der Waals surface area (Å²) in [6.07, 6.45) is 7.57. The number of anilines is 1. The van der Waals surface area contributed by atoms with Gasteiger partial charge in [-0.15, -0.1) is 5.10 Å². The Morgan fingerprint density at radius 2 is 2.39 bits per heavy atom. The molecule has 3 rings (SSSR count). The number of urea groups is 1. The molecule has 1 aliphatic heterocycles. The number of rotatable bonds is 6. The Morgan fingerprint density at radius 3 is 3.26 bits per heavy atom. The lowest BCUT2D eigenvalue weighted by Gasteiger charge is -2.18. The first-order chi connectivity index (χ1) is 11.3. The number of imidazole rings is 1. The highest BCUT2D eigenvalue weighted by atomic mass is 32.2. The van der Waals surface area contributed by atoms with E-state index in [0.717, 1.165) is 43.1 Å². The van der Waals surface area contributed by atoms with Crippen LogP contribution in [0, 0.1) is 0 Å². The number of amides is 2. The number of thioether (sulfide) groups is 1. The second kappa shape index (κ2) is 7.54. The maximum absolute atomic E-state index is 12.1. The van der Waals surface area contributed by atoms with Crippen LogP contribution in [0.2, 0.25) is 0 Å². The molecule has 3 heterocycles. The van der Waals surface area contributed by atoms with Crippen molar-refractivity contribution in [2.45, 2.75) is 18.9 Å². The summed E-state index contributed by atoms with van der Waals surface area (Å²) in [6.45, 7) is 2.23. The van der Waals surface area contributed by atoms with Crippen molar-refractivity contribution in [2.24, 2.45) is 0 Å². The van der Waals surface area contributed by atoms with Gasteiger partial charge in [-0.05, 0) is 37.0 Å². The number of carbonyl (C=O) groups excluding carboxylic acids is 1. The molecule has 1 saturated heterocycles. The van der Waals surface area contributed by atoms with Gasteiger partial charge in [0.15, 0.2) is 5.65 Å². The van der Waals surface area contributed by atoms with E-state index in [1.54, 1.807) is 22.5 Å². The predicted molar refractivity (Wildman–Crippen MR) is 93.0 cm³/mol. The van der Waals surface area contributed by atoms with Crippen molar-refractivity contribution in [2.75, 3.05) is 37.0 Å². The van der Waals surface area contributed by atoms with Crippen LogP contribution in [0.5, 0.6) is 0 Å². The van der Waals surface area contributed by atoms with E-state index in [0.29, 0.717) is 6.54 Å². The summed E-state index contributed by atoms with van der Waals surface area (Å²) in [5.41, 5.74) is 0.827. The SMILES string of the molecule is CSCCCNC(=O)N1CCC(Nc2ccc3nccn3n2)C1. The van der Waals surface area contributed by atoms with E-state index in [1.807, 2.05) is 23.2 Å². The van der Waals surface area contributed by atoms with E-state index >= 15 is 0 Å². The van der Waals surface area contributed by atoms with Crippen LogP contribution in [-0.2, 0) is 0 Å². The Hall–Kier alpha value is -1.96. The number of hydrogen-bond donors (Lipinski definition) is 2. The molecular weight excluding hydrogens is 312 g/mol. The molecule has 1 atom stereocenters. The highest BCUT2D eigenvalue weighted by Crippen LogP contribution is 2.15. The molecule has 7 nitrogen and oxygen atoms in total. The van der Waals surface area contributed by atoms with Gasteiger partial charge < -0.3 is 15.5 Å². The van der Waals surface area contributed by atoms with E-state index in [9.17, 15) is 4.79 Å². The van der Waals surface area contributed by atoms with Crippen molar-refractivity contribution in [3.8, 4) is 0 Å². The van der Waals surface area contributed by atoms with Crippen LogP contribution < -0.4 is 10.6 Å². The van der Waals surface area contributed by atoms with Gasteiger partial charge in [0.1, 0.15) is 5.82 Å². The van der Waals surface area contributed by atoms with E-state index < -0.39 is 0 Å². The summed E-state index contributed by atoms with van der Waals surface area (Å²) in [5.74, 6) is 1.88. The molecule has 0 aliphatic carbocycles. The Labute approximate surface area is 139 Å². The summed E-state index contributed by atoms with van der Waals surface area (Å²) in [4.78, 5) is 18.1. The number of likely N-dealkylation sites (tertiary alicyclic amines) is 1. The zero-order valence-corrected chi connectivity index (χ0v) is 14.1. The number of carbonyl (C=O) groups is 1. The third-order valence-corrected chi connectivity index (χ3v) is 4.58.